The number of nitrogens with zero attached hydrogens (tertiary/aromatic N) is 1. The molecular weight excluding hydrogens is 180 g/mol. The molecule has 0 radical (unpaired) electrons. The Labute approximate surface area is 75.3 Å². The zero-order valence-corrected chi connectivity index (χ0v) is 7.25. The summed E-state index contributed by atoms with van der Waals surface area (Å²) in [5.41, 5.74) is 0. The fraction of sp³-hybridized carbons (Fsp3) is 0.875. The molecule has 1 atom stereocenters. The third kappa shape index (κ3) is 2.37. The van der Waals surface area contributed by atoms with E-state index in [2.05, 4.69) is 0 Å². The molecule has 1 unspecified atom stereocenters. The summed E-state index contributed by atoms with van der Waals surface area (Å²) >= 11 is 0. The standard InChI is InChI=1S/C8H13F2NO2/c9-7(10)8(13)11-4-2-1-3-6(11)5-12/h6-7,12H,1-5H2. The third-order valence-corrected chi connectivity index (χ3v) is 2.31. The summed E-state index contributed by atoms with van der Waals surface area (Å²) in [4.78, 5) is 12.0. The van der Waals surface area contributed by atoms with Crippen LogP contribution < -0.4 is 0 Å². The Bertz CT molecular complexity index is 187. The molecule has 13 heavy (non-hydrogen) atoms. The lowest BCUT2D eigenvalue weighted by Gasteiger charge is -2.34. The van der Waals surface area contributed by atoms with Crippen LogP contribution in [-0.2, 0) is 4.79 Å². The number of alkyl halides is 2. The summed E-state index contributed by atoms with van der Waals surface area (Å²) in [7, 11) is 0. The largest absolute Gasteiger partial charge is 0.394 e. The number of hydrogen-bond donors (Lipinski definition) is 1. The predicted molar refractivity (Wildman–Crippen MR) is 42.4 cm³/mol. The van der Waals surface area contributed by atoms with Crippen molar-refractivity contribution in [3.8, 4) is 0 Å². The van der Waals surface area contributed by atoms with E-state index in [1.54, 1.807) is 0 Å². The van der Waals surface area contributed by atoms with Crippen LogP contribution in [-0.4, -0.2) is 41.5 Å². The Morgan fingerprint density at radius 1 is 1.54 bits per heavy atom. The lowest BCUT2D eigenvalue weighted by molar-refractivity contribution is -0.147. The highest BCUT2D eigenvalue weighted by molar-refractivity contribution is 5.79. The van der Waals surface area contributed by atoms with Gasteiger partial charge in [0.05, 0.1) is 12.6 Å². The summed E-state index contributed by atoms with van der Waals surface area (Å²) in [6, 6.07) is -0.407. The maximum atomic E-state index is 12.0. The van der Waals surface area contributed by atoms with Gasteiger partial charge in [0, 0.05) is 6.54 Å². The van der Waals surface area contributed by atoms with Gasteiger partial charge < -0.3 is 10.0 Å². The molecular formula is C8H13F2NO2. The molecule has 1 heterocycles. The number of carbonyl (C=O) groups is 1. The van der Waals surface area contributed by atoms with E-state index in [4.69, 9.17) is 5.11 Å². The first-order valence-corrected chi connectivity index (χ1v) is 4.36. The van der Waals surface area contributed by atoms with Crippen molar-refractivity contribution >= 4 is 5.91 Å². The van der Waals surface area contributed by atoms with Crippen molar-refractivity contribution in [1.29, 1.82) is 0 Å². The molecule has 1 N–H and O–H groups in total. The molecule has 5 heteroatoms. The number of aliphatic hydroxyl groups is 1. The topological polar surface area (TPSA) is 40.5 Å². The minimum absolute atomic E-state index is 0.224. The second kappa shape index (κ2) is 4.50. The molecule has 0 saturated carbocycles. The number of likely N-dealkylation sites (tertiary alicyclic amines) is 1. The van der Waals surface area contributed by atoms with Gasteiger partial charge in [0.1, 0.15) is 0 Å². The molecule has 1 saturated heterocycles. The van der Waals surface area contributed by atoms with Crippen molar-refractivity contribution in [3.63, 3.8) is 0 Å². The quantitative estimate of drug-likeness (QED) is 0.698. The Hall–Kier alpha value is -0.710. The van der Waals surface area contributed by atoms with Crippen molar-refractivity contribution in [2.75, 3.05) is 13.2 Å². The maximum Gasteiger partial charge on any atom is 0.315 e. The fourth-order valence-electron chi connectivity index (χ4n) is 1.61. The van der Waals surface area contributed by atoms with E-state index in [0.29, 0.717) is 13.0 Å². The Balaban J connectivity index is 2.58. The predicted octanol–water partition coefficient (Wildman–Crippen LogP) is 0.625. The van der Waals surface area contributed by atoms with Crippen molar-refractivity contribution in [2.45, 2.75) is 31.7 Å². The van der Waals surface area contributed by atoms with Crippen molar-refractivity contribution in [3.05, 3.63) is 0 Å². The lowest BCUT2D eigenvalue weighted by atomic mass is 10.0. The van der Waals surface area contributed by atoms with Crippen LogP contribution in [0.3, 0.4) is 0 Å². The number of piperidine rings is 1. The van der Waals surface area contributed by atoms with Crippen molar-refractivity contribution in [2.24, 2.45) is 0 Å². The SMILES string of the molecule is O=C(C(F)F)N1CCCCC1CO. The number of amides is 1. The molecule has 1 rings (SSSR count). The van der Waals surface area contributed by atoms with E-state index >= 15 is 0 Å². The monoisotopic (exact) mass is 193 g/mol. The summed E-state index contributed by atoms with van der Waals surface area (Å²) in [5.74, 6) is -1.15. The number of carbonyl (C=O) groups excluding carboxylic acids is 1. The molecule has 0 aromatic rings. The minimum atomic E-state index is -2.95. The smallest absolute Gasteiger partial charge is 0.315 e. The second-order valence-corrected chi connectivity index (χ2v) is 3.16. The van der Waals surface area contributed by atoms with Gasteiger partial charge in [-0.3, -0.25) is 4.79 Å². The summed E-state index contributed by atoms with van der Waals surface area (Å²) in [5, 5.41) is 8.85. The van der Waals surface area contributed by atoms with Crippen LogP contribution in [0, 0.1) is 0 Å². The van der Waals surface area contributed by atoms with Crippen molar-refractivity contribution < 1.29 is 18.7 Å². The van der Waals surface area contributed by atoms with E-state index in [-0.39, 0.29) is 6.61 Å². The van der Waals surface area contributed by atoms with Gasteiger partial charge in [-0.05, 0) is 19.3 Å². The first-order chi connectivity index (χ1) is 6.16. The molecule has 0 spiro atoms. The van der Waals surface area contributed by atoms with Crippen LogP contribution >= 0.6 is 0 Å². The zero-order valence-electron chi connectivity index (χ0n) is 7.25. The summed E-state index contributed by atoms with van der Waals surface area (Å²) in [6.45, 7) is 0.118. The van der Waals surface area contributed by atoms with Gasteiger partial charge in [0.2, 0.25) is 0 Å². The molecule has 0 aromatic heterocycles. The number of aliphatic hydroxyl groups excluding tert-OH is 1. The highest BCUT2D eigenvalue weighted by atomic mass is 19.3. The molecule has 76 valence electrons. The van der Waals surface area contributed by atoms with Crippen LogP contribution in [0.5, 0.6) is 0 Å². The summed E-state index contributed by atoms with van der Waals surface area (Å²) in [6.07, 6.45) is -0.700. The van der Waals surface area contributed by atoms with Crippen LogP contribution in [0.1, 0.15) is 19.3 Å². The number of rotatable bonds is 2. The molecule has 1 aliphatic rings. The Kier molecular flexibility index (Phi) is 3.59. The third-order valence-electron chi connectivity index (χ3n) is 2.31. The van der Waals surface area contributed by atoms with E-state index in [9.17, 15) is 13.6 Å². The molecule has 0 aliphatic carbocycles. The van der Waals surface area contributed by atoms with Crippen LogP contribution in [0.25, 0.3) is 0 Å². The van der Waals surface area contributed by atoms with E-state index in [1.165, 1.54) is 0 Å². The highest BCUT2D eigenvalue weighted by Gasteiger charge is 2.30. The van der Waals surface area contributed by atoms with E-state index < -0.39 is 18.4 Å². The molecule has 0 aromatic carbocycles. The van der Waals surface area contributed by atoms with Crippen LogP contribution in [0.2, 0.25) is 0 Å². The van der Waals surface area contributed by atoms with Gasteiger partial charge >= 0.3 is 6.43 Å². The highest BCUT2D eigenvalue weighted by Crippen LogP contribution is 2.18. The molecule has 1 fully saturated rings. The lowest BCUT2D eigenvalue weighted by Crippen LogP contribution is -2.48. The molecule has 1 aliphatic heterocycles. The second-order valence-electron chi connectivity index (χ2n) is 3.16. The Morgan fingerprint density at radius 2 is 2.23 bits per heavy atom. The van der Waals surface area contributed by atoms with Gasteiger partial charge in [-0.1, -0.05) is 0 Å². The van der Waals surface area contributed by atoms with E-state index in [1.807, 2.05) is 0 Å². The molecule has 3 nitrogen and oxygen atoms in total. The fourth-order valence-corrected chi connectivity index (χ4v) is 1.61. The first kappa shape index (κ1) is 10.4. The van der Waals surface area contributed by atoms with E-state index in [0.717, 1.165) is 17.7 Å². The Morgan fingerprint density at radius 3 is 2.77 bits per heavy atom. The van der Waals surface area contributed by atoms with Crippen LogP contribution in [0.4, 0.5) is 8.78 Å². The average molecular weight is 193 g/mol. The van der Waals surface area contributed by atoms with Gasteiger partial charge in [0.15, 0.2) is 0 Å². The number of halogens is 2. The normalized spacial score (nSPS) is 23.7. The number of hydrogen-bond acceptors (Lipinski definition) is 2. The first-order valence-electron chi connectivity index (χ1n) is 4.36. The average Bonchev–Trinajstić information content (AvgIpc) is 2.16. The minimum Gasteiger partial charge on any atom is -0.394 e. The zero-order chi connectivity index (χ0) is 9.84. The summed E-state index contributed by atoms with van der Waals surface area (Å²) < 4.78 is 24.1. The van der Waals surface area contributed by atoms with Gasteiger partial charge in [-0.25, -0.2) is 0 Å². The molecule has 1 amide bonds. The maximum absolute atomic E-state index is 12.0. The van der Waals surface area contributed by atoms with Gasteiger partial charge in [0.25, 0.3) is 5.91 Å². The molecule has 0 bridgehead atoms. The van der Waals surface area contributed by atoms with Crippen LogP contribution in [0.15, 0.2) is 0 Å². The van der Waals surface area contributed by atoms with Crippen molar-refractivity contribution in [1.82, 2.24) is 4.90 Å². The van der Waals surface area contributed by atoms with Gasteiger partial charge in [-0.15, -0.1) is 0 Å². The van der Waals surface area contributed by atoms with Gasteiger partial charge in [-0.2, -0.15) is 8.78 Å².